The van der Waals surface area contributed by atoms with E-state index in [1.54, 1.807) is 0 Å². The third-order valence-electron chi connectivity index (χ3n) is 4.83. The van der Waals surface area contributed by atoms with Gasteiger partial charge in [0.05, 0.1) is 0 Å². The molecule has 0 aromatic heterocycles. The van der Waals surface area contributed by atoms with Gasteiger partial charge in [-0.1, -0.05) is 97.5 Å². The van der Waals surface area contributed by atoms with E-state index in [1.807, 2.05) is 0 Å². The minimum absolute atomic E-state index is 0.815. The van der Waals surface area contributed by atoms with Crippen LogP contribution in [-0.2, 0) is 0 Å². The first kappa shape index (κ1) is 16.1. The number of hydrogen-bond donors (Lipinski definition) is 0. The summed E-state index contributed by atoms with van der Waals surface area (Å²) in [5.74, 6) is 4.22. The van der Waals surface area contributed by atoms with Crippen LogP contribution in [0.1, 0.15) is 61.8 Å². The smallest absolute Gasteiger partial charge is 0.0711 e. The van der Waals surface area contributed by atoms with Crippen molar-refractivity contribution in [2.45, 2.75) is 79.8 Å². The quantitative estimate of drug-likeness (QED) is 0.492. The van der Waals surface area contributed by atoms with Crippen molar-refractivity contribution in [1.82, 2.24) is 0 Å². The highest BCUT2D eigenvalue weighted by atomic mass is 14.1. The van der Waals surface area contributed by atoms with Crippen LogP contribution >= 0.6 is 0 Å². The molecular weight excluding hydrogens is 191 g/mol. The number of rotatable bonds is 7. The lowest BCUT2D eigenvalue weighted by molar-refractivity contribution is 0.536. The van der Waals surface area contributed by atoms with Crippen LogP contribution in [0.15, 0.2) is 0 Å². The first-order valence-corrected chi connectivity index (χ1v) is 7.31. The maximum absolute atomic E-state index is 2.45. The summed E-state index contributed by atoms with van der Waals surface area (Å²) in [6.07, 6.45) is 2.74. The van der Waals surface area contributed by atoms with Crippen LogP contribution in [0.2, 0.25) is 18.0 Å². The molecule has 0 saturated heterocycles. The molecule has 0 nitrogen and oxygen atoms in total. The molecule has 96 valence electrons. The summed E-state index contributed by atoms with van der Waals surface area (Å²) in [4.78, 5) is 0. The van der Waals surface area contributed by atoms with Gasteiger partial charge in [0, 0.05) is 0 Å². The Morgan fingerprint density at radius 1 is 0.750 bits per heavy atom. The van der Waals surface area contributed by atoms with E-state index < -0.39 is 0 Å². The van der Waals surface area contributed by atoms with Gasteiger partial charge < -0.3 is 0 Å². The summed E-state index contributed by atoms with van der Waals surface area (Å²) < 4.78 is 0. The molecule has 0 rings (SSSR count). The van der Waals surface area contributed by atoms with E-state index in [0.717, 1.165) is 36.1 Å². The molecule has 0 aliphatic rings. The van der Waals surface area contributed by atoms with Crippen LogP contribution in [-0.4, -0.2) is 6.71 Å². The zero-order chi connectivity index (χ0) is 12.9. The molecule has 0 radical (unpaired) electrons. The third-order valence-corrected chi connectivity index (χ3v) is 4.83. The van der Waals surface area contributed by atoms with Gasteiger partial charge in [0.2, 0.25) is 0 Å². The monoisotopic (exact) mass is 224 g/mol. The van der Waals surface area contributed by atoms with Crippen LogP contribution < -0.4 is 0 Å². The van der Waals surface area contributed by atoms with Crippen LogP contribution in [0.5, 0.6) is 0 Å². The van der Waals surface area contributed by atoms with Crippen LogP contribution in [0.3, 0.4) is 0 Å². The molecule has 1 heteroatoms. The van der Waals surface area contributed by atoms with Crippen molar-refractivity contribution in [3.05, 3.63) is 0 Å². The van der Waals surface area contributed by atoms with Crippen molar-refractivity contribution in [2.24, 2.45) is 17.8 Å². The van der Waals surface area contributed by atoms with Gasteiger partial charge in [0.1, 0.15) is 6.71 Å². The van der Waals surface area contributed by atoms with Gasteiger partial charge in [-0.25, -0.2) is 0 Å². The van der Waals surface area contributed by atoms with Crippen molar-refractivity contribution in [3.8, 4) is 0 Å². The average Bonchev–Trinajstić information content (AvgIpc) is 2.23. The molecule has 0 amide bonds. The van der Waals surface area contributed by atoms with Gasteiger partial charge in [0.15, 0.2) is 0 Å². The maximum Gasteiger partial charge on any atom is 0.146 e. The largest absolute Gasteiger partial charge is 0.146 e. The molecule has 0 heterocycles. The highest BCUT2D eigenvalue weighted by Crippen LogP contribution is 2.36. The van der Waals surface area contributed by atoms with Gasteiger partial charge in [-0.15, -0.1) is 0 Å². The Labute approximate surface area is 105 Å². The van der Waals surface area contributed by atoms with Crippen LogP contribution in [0.25, 0.3) is 0 Å². The Morgan fingerprint density at radius 2 is 1.12 bits per heavy atom. The van der Waals surface area contributed by atoms with Crippen molar-refractivity contribution in [3.63, 3.8) is 0 Å². The molecule has 0 N–H and O–H groups in total. The second-order valence-corrected chi connectivity index (χ2v) is 6.62. The van der Waals surface area contributed by atoms with Crippen molar-refractivity contribution >= 4 is 6.71 Å². The Morgan fingerprint density at radius 3 is 1.38 bits per heavy atom. The van der Waals surface area contributed by atoms with Gasteiger partial charge in [-0.3, -0.25) is 0 Å². The minimum Gasteiger partial charge on any atom is -0.0711 e. The molecule has 0 aromatic carbocycles. The summed E-state index contributed by atoms with van der Waals surface area (Å²) >= 11 is 0. The fourth-order valence-corrected chi connectivity index (χ4v) is 2.53. The predicted octanol–water partition coefficient (Wildman–Crippen LogP) is 5.62. The van der Waals surface area contributed by atoms with Crippen LogP contribution in [0.4, 0.5) is 0 Å². The molecule has 3 unspecified atom stereocenters. The summed E-state index contributed by atoms with van der Waals surface area (Å²) in [5.41, 5.74) is 0. The fourth-order valence-electron chi connectivity index (χ4n) is 2.53. The number of hydrogen-bond acceptors (Lipinski definition) is 0. The highest BCUT2D eigenvalue weighted by molar-refractivity contribution is 6.62. The van der Waals surface area contributed by atoms with Crippen molar-refractivity contribution in [2.75, 3.05) is 0 Å². The van der Waals surface area contributed by atoms with E-state index >= 15 is 0 Å². The molecule has 0 aliphatic heterocycles. The SMILES string of the molecule is CCC(C)CB(C(C)C(C)C)C(C)C(C)C. The fraction of sp³-hybridized carbons (Fsp3) is 1.00. The van der Waals surface area contributed by atoms with Crippen molar-refractivity contribution in [1.29, 1.82) is 0 Å². The molecule has 0 fully saturated rings. The molecular formula is C15H33B. The van der Waals surface area contributed by atoms with E-state index in [1.165, 1.54) is 12.7 Å². The molecule has 0 aliphatic carbocycles. The second kappa shape index (κ2) is 7.40. The Balaban J connectivity index is 4.62. The Bertz CT molecular complexity index is 160. The lowest BCUT2D eigenvalue weighted by atomic mass is 9.28. The lowest BCUT2D eigenvalue weighted by Crippen LogP contribution is -2.31. The Hall–Kier alpha value is 0.0649. The minimum atomic E-state index is 0.815. The average molecular weight is 224 g/mol. The van der Waals surface area contributed by atoms with Gasteiger partial charge in [-0.2, -0.15) is 0 Å². The Kier molecular flexibility index (Phi) is 7.43. The highest BCUT2D eigenvalue weighted by Gasteiger charge is 2.31. The first-order valence-electron chi connectivity index (χ1n) is 7.31. The summed E-state index contributed by atoms with van der Waals surface area (Å²) in [7, 11) is 0. The maximum atomic E-state index is 2.45. The van der Waals surface area contributed by atoms with Gasteiger partial charge in [-0.05, 0) is 0 Å². The third kappa shape index (κ3) is 4.93. The van der Waals surface area contributed by atoms with E-state index in [0.29, 0.717) is 0 Å². The molecule has 0 bridgehead atoms. The zero-order valence-corrected chi connectivity index (χ0v) is 12.9. The molecule has 16 heavy (non-hydrogen) atoms. The second-order valence-electron chi connectivity index (χ2n) is 6.62. The van der Waals surface area contributed by atoms with Crippen molar-refractivity contribution < 1.29 is 0 Å². The zero-order valence-electron chi connectivity index (χ0n) is 12.9. The molecule has 0 spiro atoms. The van der Waals surface area contributed by atoms with E-state index in [9.17, 15) is 0 Å². The molecule has 0 saturated carbocycles. The van der Waals surface area contributed by atoms with E-state index in [2.05, 4.69) is 55.4 Å². The summed E-state index contributed by atoms with van der Waals surface area (Å²) in [6, 6.07) is 0. The van der Waals surface area contributed by atoms with Crippen LogP contribution in [0, 0.1) is 17.8 Å². The predicted molar refractivity (Wildman–Crippen MR) is 78.5 cm³/mol. The first-order chi connectivity index (χ1) is 7.31. The summed E-state index contributed by atoms with van der Waals surface area (Å²) in [5, 5.41) is 0. The normalized spacial score (nSPS) is 17.6. The van der Waals surface area contributed by atoms with Gasteiger partial charge >= 0.3 is 0 Å². The van der Waals surface area contributed by atoms with E-state index in [4.69, 9.17) is 0 Å². The van der Waals surface area contributed by atoms with Gasteiger partial charge in [0.25, 0.3) is 0 Å². The summed E-state index contributed by atoms with van der Waals surface area (Å²) in [6.45, 7) is 20.0. The standard InChI is InChI=1S/C15H33B/c1-9-13(6)10-16(14(7)11(2)3)15(8)12(4)5/h11-15H,9-10H2,1-8H3. The lowest BCUT2D eigenvalue weighted by Gasteiger charge is -2.33. The topological polar surface area (TPSA) is 0 Å². The molecule has 0 aromatic rings. The molecule has 3 atom stereocenters. The van der Waals surface area contributed by atoms with E-state index in [-0.39, 0.29) is 0 Å².